The molecule has 1 aromatic carbocycles. The van der Waals surface area contributed by atoms with Crippen LogP contribution < -0.4 is 5.73 Å². The molecule has 0 aromatic heterocycles. The van der Waals surface area contributed by atoms with Gasteiger partial charge in [0.15, 0.2) is 0 Å². The van der Waals surface area contributed by atoms with Crippen molar-refractivity contribution in [1.82, 2.24) is 4.90 Å². The van der Waals surface area contributed by atoms with Gasteiger partial charge in [-0.15, -0.1) is 0 Å². The minimum Gasteiger partial charge on any atom is -0.395 e. The van der Waals surface area contributed by atoms with Crippen molar-refractivity contribution in [3.05, 3.63) is 34.9 Å². The van der Waals surface area contributed by atoms with Crippen molar-refractivity contribution in [1.29, 1.82) is 0 Å². The molecule has 0 saturated heterocycles. The van der Waals surface area contributed by atoms with E-state index < -0.39 is 0 Å². The zero-order valence-corrected chi connectivity index (χ0v) is 11.1. The molecule has 17 heavy (non-hydrogen) atoms. The third-order valence-electron chi connectivity index (χ3n) is 3.04. The predicted octanol–water partition coefficient (Wildman–Crippen LogP) is 1.10. The van der Waals surface area contributed by atoms with Crippen LogP contribution in [-0.2, 0) is 6.42 Å². The second kappa shape index (κ2) is 6.74. The van der Waals surface area contributed by atoms with E-state index in [0.717, 1.165) is 19.5 Å². The Hall–Kier alpha value is -0.900. The summed E-state index contributed by atoms with van der Waals surface area (Å²) in [4.78, 5) is 2.17. The molecule has 1 aromatic rings. The molecular formula is C14H24N2O. The Bertz CT molecular complexity index is 352. The van der Waals surface area contributed by atoms with Crippen LogP contribution in [0.2, 0.25) is 0 Å². The molecule has 0 fully saturated rings. The van der Waals surface area contributed by atoms with Crippen molar-refractivity contribution in [3.63, 3.8) is 0 Å². The highest BCUT2D eigenvalue weighted by atomic mass is 16.3. The van der Waals surface area contributed by atoms with Crippen LogP contribution in [0.25, 0.3) is 0 Å². The van der Waals surface area contributed by atoms with Crippen LogP contribution >= 0.6 is 0 Å². The number of rotatable bonds is 6. The van der Waals surface area contributed by atoms with Gasteiger partial charge in [0.25, 0.3) is 0 Å². The summed E-state index contributed by atoms with van der Waals surface area (Å²) in [6.45, 7) is 6.03. The number of hydrogen-bond acceptors (Lipinski definition) is 3. The molecule has 0 radical (unpaired) electrons. The second-order valence-corrected chi connectivity index (χ2v) is 4.88. The fourth-order valence-corrected chi connectivity index (χ4v) is 1.99. The van der Waals surface area contributed by atoms with Crippen molar-refractivity contribution in [2.45, 2.75) is 26.3 Å². The highest BCUT2D eigenvalue weighted by Crippen LogP contribution is 2.11. The van der Waals surface area contributed by atoms with E-state index in [9.17, 15) is 0 Å². The van der Waals surface area contributed by atoms with E-state index in [1.807, 2.05) is 7.05 Å². The maximum atomic E-state index is 8.89. The zero-order chi connectivity index (χ0) is 12.8. The number of aliphatic hydroxyl groups excluding tert-OH is 1. The van der Waals surface area contributed by atoms with Crippen LogP contribution in [0.4, 0.5) is 0 Å². The minimum atomic E-state index is -0.140. The number of aliphatic hydroxyl groups is 1. The average Bonchev–Trinajstić information content (AvgIpc) is 2.27. The molecule has 0 aliphatic heterocycles. The average molecular weight is 236 g/mol. The van der Waals surface area contributed by atoms with E-state index in [1.54, 1.807) is 0 Å². The molecule has 0 amide bonds. The van der Waals surface area contributed by atoms with Crippen molar-refractivity contribution in [2.75, 3.05) is 26.7 Å². The Morgan fingerprint density at radius 1 is 1.35 bits per heavy atom. The van der Waals surface area contributed by atoms with Crippen LogP contribution in [0, 0.1) is 13.8 Å². The molecule has 0 spiro atoms. The number of benzene rings is 1. The molecule has 0 saturated carbocycles. The Kier molecular flexibility index (Phi) is 5.62. The van der Waals surface area contributed by atoms with E-state index in [4.69, 9.17) is 10.8 Å². The van der Waals surface area contributed by atoms with Gasteiger partial charge in [-0.2, -0.15) is 0 Å². The Balaban J connectivity index is 2.44. The lowest BCUT2D eigenvalue weighted by atomic mass is 10.0. The fourth-order valence-electron chi connectivity index (χ4n) is 1.99. The molecule has 0 aliphatic rings. The van der Waals surface area contributed by atoms with Crippen molar-refractivity contribution in [2.24, 2.45) is 5.73 Å². The van der Waals surface area contributed by atoms with Crippen molar-refractivity contribution >= 4 is 0 Å². The standard InChI is InChI=1S/C14H24N2O/c1-11-4-5-13(12(2)8-11)6-7-16(3)9-14(15)10-17/h4-5,8,14,17H,6-7,9-10,15H2,1-3H3. The second-order valence-electron chi connectivity index (χ2n) is 4.88. The summed E-state index contributed by atoms with van der Waals surface area (Å²) in [7, 11) is 2.04. The van der Waals surface area contributed by atoms with Crippen molar-refractivity contribution < 1.29 is 5.11 Å². The van der Waals surface area contributed by atoms with Gasteiger partial charge in [-0.1, -0.05) is 23.8 Å². The zero-order valence-electron chi connectivity index (χ0n) is 11.1. The lowest BCUT2D eigenvalue weighted by molar-refractivity contribution is 0.222. The minimum absolute atomic E-state index is 0.0495. The monoisotopic (exact) mass is 236 g/mol. The summed E-state index contributed by atoms with van der Waals surface area (Å²) in [5.74, 6) is 0. The van der Waals surface area contributed by atoms with Crippen LogP contribution in [0.1, 0.15) is 16.7 Å². The Morgan fingerprint density at radius 3 is 2.65 bits per heavy atom. The molecule has 3 heteroatoms. The maximum absolute atomic E-state index is 8.89. The van der Waals surface area contributed by atoms with Crippen LogP contribution in [0.5, 0.6) is 0 Å². The Morgan fingerprint density at radius 2 is 2.06 bits per heavy atom. The number of likely N-dealkylation sites (N-methyl/N-ethyl adjacent to an activating group) is 1. The topological polar surface area (TPSA) is 49.5 Å². The predicted molar refractivity (Wildman–Crippen MR) is 72.2 cm³/mol. The van der Waals surface area contributed by atoms with E-state index in [-0.39, 0.29) is 12.6 Å². The van der Waals surface area contributed by atoms with Gasteiger partial charge in [0, 0.05) is 19.1 Å². The van der Waals surface area contributed by atoms with Gasteiger partial charge in [0.05, 0.1) is 6.61 Å². The molecule has 0 heterocycles. The molecule has 3 nitrogen and oxygen atoms in total. The van der Waals surface area contributed by atoms with Crippen LogP contribution in [0.3, 0.4) is 0 Å². The summed E-state index contributed by atoms with van der Waals surface area (Å²) in [6, 6.07) is 6.43. The van der Waals surface area contributed by atoms with Crippen molar-refractivity contribution in [3.8, 4) is 0 Å². The first-order chi connectivity index (χ1) is 8.02. The highest BCUT2D eigenvalue weighted by Gasteiger charge is 2.06. The Labute approximate surface area is 104 Å². The van der Waals surface area contributed by atoms with Gasteiger partial charge in [0.2, 0.25) is 0 Å². The van der Waals surface area contributed by atoms with Gasteiger partial charge in [-0.05, 0) is 38.4 Å². The summed E-state index contributed by atoms with van der Waals surface area (Å²) < 4.78 is 0. The molecule has 1 rings (SSSR count). The van der Waals surface area contributed by atoms with E-state index in [0.29, 0.717) is 0 Å². The van der Waals surface area contributed by atoms with Crippen LogP contribution in [0.15, 0.2) is 18.2 Å². The first kappa shape index (κ1) is 14.2. The fraction of sp³-hybridized carbons (Fsp3) is 0.571. The molecule has 0 aliphatic carbocycles. The van der Waals surface area contributed by atoms with Gasteiger partial charge >= 0.3 is 0 Å². The highest BCUT2D eigenvalue weighted by molar-refractivity contribution is 5.30. The van der Waals surface area contributed by atoms with E-state index in [1.165, 1.54) is 16.7 Å². The van der Waals surface area contributed by atoms with E-state index in [2.05, 4.69) is 36.9 Å². The summed E-state index contributed by atoms with van der Waals surface area (Å²) in [5.41, 5.74) is 9.75. The SMILES string of the molecule is Cc1ccc(CCN(C)CC(N)CO)c(C)c1. The smallest absolute Gasteiger partial charge is 0.0595 e. The molecule has 3 N–H and O–H groups in total. The van der Waals surface area contributed by atoms with Gasteiger partial charge < -0.3 is 15.7 Å². The summed E-state index contributed by atoms with van der Waals surface area (Å²) in [5, 5.41) is 8.89. The first-order valence-corrected chi connectivity index (χ1v) is 6.14. The summed E-state index contributed by atoms with van der Waals surface area (Å²) >= 11 is 0. The third kappa shape index (κ3) is 4.86. The normalized spacial score (nSPS) is 13.1. The van der Waals surface area contributed by atoms with Gasteiger partial charge in [-0.25, -0.2) is 0 Å². The van der Waals surface area contributed by atoms with Crippen LogP contribution in [-0.4, -0.2) is 42.8 Å². The lowest BCUT2D eigenvalue weighted by Gasteiger charge is -2.20. The maximum Gasteiger partial charge on any atom is 0.0595 e. The summed E-state index contributed by atoms with van der Waals surface area (Å²) in [6.07, 6.45) is 1.03. The number of nitrogens with two attached hydrogens (primary N) is 1. The molecular weight excluding hydrogens is 212 g/mol. The third-order valence-corrected chi connectivity index (χ3v) is 3.04. The molecule has 0 bridgehead atoms. The number of nitrogens with zero attached hydrogens (tertiary/aromatic N) is 1. The number of aryl methyl sites for hydroxylation is 2. The van der Waals surface area contributed by atoms with E-state index >= 15 is 0 Å². The van der Waals surface area contributed by atoms with Gasteiger partial charge in [-0.3, -0.25) is 0 Å². The first-order valence-electron chi connectivity index (χ1n) is 6.14. The quantitative estimate of drug-likeness (QED) is 0.777. The molecule has 1 unspecified atom stereocenters. The largest absolute Gasteiger partial charge is 0.395 e. The number of hydrogen-bond donors (Lipinski definition) is 2. The molecule has 1 atom stereocenters. The lowest BCUT2D eigenvalue weighted by Crippen LogP contribution is -2.38. The van der Waals surface area contributed by atoms with Gasteiger partial charge in [0.1, 0.15) is 0 Å². The molecule has 96 valence electrons.